The first-order chi connectivity index (χ1) is 9.61. The van der Waals surface area contributed by atoms with E-state index in [2.05, 4.69) is 27.7 Å². The summed E-state index contributed by atoms with van der Waals surface area (Å²) in [7, 11) is 0. The molecule has 3 unspecified atom stereocenters. The maximum absolute atomic E-state index is 6.47. The minimum absolute atomic E-state index is 0.0965. The van der Waals surface area contributed by atoms with Crippen LogP contribution in [0.3, 0.4) is 0 Å². The molecule has 118 valence electrons. The van der Waals surface area contributed by atoms with Gasteiger partial charge in [-0.15, -0.1) is 0 Å². The Morgan fingerprint density at radius 3 is 2.52 bits per heavy atom. The van der Waals surface area contributed by atoms with Crippen molar-refractivity contribution >= 4 is 11.6 Å². The van der Waals surface area contributed by atoms with Crippen LogP contribution in [0.15, 0.2) is 24.3 Å². The van der Waals surface area contributed by atoms with Crippen LogP contribution in [0.4, 0.5) is 0 Å². The number of benzene rings is 1. The molecule has 1 fully saturated rings. The van der Waals surface area contributed by atoms with Crippen molar-refractivity contribution in [2.24, 2.45) is 11.7 Å². The number of hydrogen-bond acceptors (Lipinski definition) is 3. The Morgan fingerprint density at radius 1 is 1.33 bits per heavy atom. The summed E-state index contributed by atoms with van der Waals surface area (Å²) in [6, 6.07) is 7.32. The van der Waals surface area contributed by atoms with E-state index in [1.807, 2.05) is 31.2 Å². The van der Waals surface area contributed by atoms with Crippen molar-refractivity contribution in [2.45, 2.75) is 64.4 Å². The first-order valence-corrected chi connectivity index (χ1v) is 7.86. The Kier molecular flexibility index (Phi) is 4.57. The van der Waals surface area contributed by atoms with Gasteiger partial charge in [-0.1, -0.05) is 17.7 Å². The lowest BCUT2D eigenvalue weighted by molar-refractivity contribution is -0.0794. The molecule has 1 aromatic carbocycles. The third kappa shape index (κ3) is 3.91. The fourth-order valence-corrected chi connectivity index (χ4v) is 3.55. The second-order valence-electron chi connectivity index (χ2n) is 7.13. The predicted octanol–water partition coefficient (Wildman–Crippen LogP) is 4.03. The van der Waals surface area contributed by atoms with Crippen molar-refractivity contribution in [3.05, 3.63) is 29.3 Å². The lowest BCUT2D eigenvalue weighted by Gasteiger charge is -2.34. The maximum Gasteiger partial charge on any atom is 0.121 e. The minimum atomic E-state index is -0.241. The third-order valence-corrected chi connectivity index (χ3v) is 4.50. The van der Waals surface area contributed by atoms with Crippen molar-refractivity contribution in [3.8, 4) is 5.75 Å². The Hall–Kier alpha value is -0.770. The Labute approximate surface area is 132 Å². The molecule has 0 amide bonds. The Balaban J connectivity index is 2.07. The molecule has 3 atom stereocenters. The average Bonchev–Trinajstić information content (AvgIpc) is 2.56. The number of nitrogens with two attached hydrogens (primary N) is 1. The highest BCUT2D eigenvalue weighted by atomic mass is 35.5. The third-order valence-electron chi connectivity index (χ3n) is 4.27. The predicted molar refractivity (Wildman–Crippen MR) is 86.9 cm³/mol. The van der Waals surface area contributed by atoms with Crippen LogP contribution in [0.25, 0.3) is 0 Å². The molecule has 1 aromatic rings. The zero-order chi connectivity index (χ0) is 15.8. The monoisotopic (exact) mass is 311 g/mol. The molecule has 1 aliphatic heterocycles. The zero-order valence-electron chi connectivity index (χ0n) is 13.5. The Morgan fingerprint density at radius 2 is 2.00 bits per heavy atom. The summed E-state index contributed by atoms with van der Waals surface area (Å²) in [5.41, 5.74) is 6.09. The van der Waals surface area contributed by atoms with Gasteiger partial charge in [-0.05, 0) is 59.2 Å². The lowest BCUT2D eigenvalue weighted by atomic mass is 9.80. The van der Waals surface area contributed by atoms with Crippen LogP contribution in [-0.2, 0) is 4.74 Å². The summed E-state index contributed by atoms with van der Waals surface area (Å²) < 4.78 is 12.1. The van der Waals surface area contributed by atoms with Crippen molar-refractivity contribution in [1.82, 2.24) is 0 Å². The lowest BCUT2D eigenvalue weighted by Crippen LogP contribution is -2.49. The van der Waals surface area contributed by atoms with Crippen LogP contribution in [0, 0.1) is 5.92 Å². The quantitative estimate of drug-likeness (QED) is 0.913. The van der Waals surface area contributed by atoms with Gasteiger partial charge in [0.05, 0.1) is 11.2 Å². The molecular weight excluding hydrogens is 286 g/mol. The molecule has 1 heterocycles. The smallest absolute Gasteiger partial charge is 0.121 e. The summed E-state index contributed by atoms with van der Waals surface area (Å²) in [5.74, 6) is 1.00. The minimum Gasteiger partial charge on any atom is -0.489 e. The standard InChI is InChI=1S/C17H26ClNO2/c1-11(20-13-8-6-7-12(18)9-13)15(19)14-10-16(2,3)21-17(14,4)5/h6-9,11,14-15H,10,19H2,1-5H3. The average molecular weight is 312 g/mol. The summed E-state index contributed by atoms with van der Waals surface area (Å²) in [5, 5.41) is 0.666. The van der Waals surface area contributed by atoms with E-state index in [0.29, 0.717) is 5.02 Å². The highest BCUT2D eigenvalue weighted by molar-refractivity contribution is 6.30. The number of rotatable bonds is 4. The van der Waals surface area contributed by atoms with Gasteiger partial charge in [0.25, 0.3) is 0 Å². The molecule has 2 rings (SSSR count). The SMILES string of the molecule is CC(Oc1cccc(Cl)c1)C(N)C1CC(C)(C)OC1(C)C. The number of halogens is 1. The van der Waals surface area contributed by atoms with Crippen molar-refractivity contribution in [1.29, 1.82) is 0 Å². The van der Waals surface area contributed by atoms with E-state index in [4.69, 9.17) is 26.8 Å². The maximum atomic E-state index is 6.47. The van der Waals surface area contributed by atoms with Gasteiger partial charge >= 0.3 is 0 Å². The highest BCUT2D eigenvalue weighted by Gasteiger charge is 2.49. The van der Waals surface area contributed by atoms with E-state index in [1.165, 1.54) is 0 Å². The molecule has 2 N–H and O–H groups in total. The van der Waals surface area contributed by atoms with E-state index < -0.39 is 0 Å². The van der Waals surface area contributed by atoms with Gasteiger partial charge in [0.1, 0.15) is 11.9 Å². The summed E-state index contributed by atoms with van der Waals surface area (Å²) in [4.78, 5) is 0. The van der Waals surface area contributed by atoms with E-state index in [9.17, 15) is 0 Å². The van der Waals surface area contributed by atoms with Gasteiger partial charge in [0, 0.05) is 17.0 Å². The normalized spacial score (nSPS) is 26.3. The molecule has 0 aliphatic carbocycles. The van der Waals surface area contributed by atoms with Gasteiger partial charge in [0.15, 0.2) is 0 Å². The summed E-state index contributed by atoms with van der Waals surface area (Å²) in [6.45, 7) is 10.5. The van der Waals surface area contributed by atoms with Crippen LogP contribution >= 0.6 is 11.6 Å². The van der Waals surface area contributed by atoms with Crippen LogP contribution < -0.4 is 10.5 Å². The van der Waals surface area contributed by atoms with Crippen molar-refractivity contribution in [2.75, 3.05) is 0 Å². The topological polar surface area (TPSA) is 44.5 Å². The summed E-state index contributed by atoms with van der Waals surface area (Å²) >= 11 is 5.99. The molecule has 0 spiro atoms. The van der Waals surface area contributed by atoms with E-state index in [1.54, 1.807) is 0 Å². The first kappa shape index (κ1) is 16.6. The molecule has 0 aromatic heterocycles. The molecule has 0 radical (unpaired) electrons. The van der Waals surface area contributed by atoms with Crippen LogP contribution in [0.2, 0.25) is 5.02 Å². The molecule has 0 saturated carbocycles. The fourth-order valence-electron chi connectivity index (χ4n) is 3.37. The molecule has 1 aliphatic rings. The Bertz CT molecular complexity index is 501. The second-order valence-corrected chi connectivity index (χ2v) is 7.57. The van der Waals surface area contributed by atoms with Gasteiger partial charge < -0.3 is 15.2 Å². The number of hydrogen-bond donors (Lipinski definition) is 1. The van der Waals surface area contributed by atoms with Gasteiger partial charge in [-0.3, -0.25) is 0 Å². The number of ether oxygens (including phenoxy) is 2. The van der Waals surface area contributed by atoms with Gasteiger partial charge in [-0.25, -0.2) is 0 Å². The largest absolute Gasteiger partial charge is 0.489 e. The van der Waals surface area contributed by atoms with Crippen LogP contribution in [0.1, 0.15) is 41.0 Å². The molecule has 3 nitrogen and oxygen atoms in total. The highest BCUT2D eigenvalue weighted by Crippen LogP contribution is 2.43. The van der Waals surface area contributed by atoms with E-state index in [0.717, 1.165) is 12.2 Å². The second kappa shape index (κ2) is 5.79. The van der Waals surface area contributed by atoms with E-state index in [-0.39, 0.29) is 29.3 Å². The van der Waals surface area contributed by atoms with Crippen molar-refractivity contribution < 1.29 is 9.47 Å². The van der Waals surface area contributed by atoms with Crippen LogP contribution in [-0.4, -0.2) is 23.3 Å². The molecule has 0 bridgehead atoms. The zero-order valence-corrected chi connectivity index (χ0v) is 14.3. The molecule has 4 heteroatoms. The molecular formula is C17H26ClNO2. The van der Waals surface area contributed by atoms with Gasteiger partial charge in [0.2, 0.25) is 0 Å². The van der Waals surface area contributed by atoms with Gasteiger partial charge in [-0.2, -0.15) is 0 Å². The fraction of sp³-hybridized carbons (Fsp3) is 0.647. The van der Waals surface area contributed by atoms with Crippen molar-refractivity contribution in [3.63, 3.8) is 0 Å². The molecule has 21 heavy (non-hydrogen) atoms. The van der Waals surface area contributed by atoms with E-state index >= 15 is 0 Å². The molecule has 1 saturated heterocycles. The summed E-state index contributed by atoms with van der Waals surface area (Å²) in [6.07, 6.45) is 0.829. The first-order valence-electron chi connectivity index (χ1n) is 7.49. The van der Waals surface area contributed by atoms with Crippen LogP contribution in [0.5, 0.6) is 5.75 Å².